The van der Waals surface area contributed by atoms with Gasteiger partial charge in [-0.05, 0) is 5.92 Å². The zero-order valence-corrected chi connectivity index (χ0v) is 7.31. The predicted molar refractivity (Wildman–Crippen MR) is 44.0 cm³/mol. The van der Waals surface area contributed by atoms with Gasteiger partial charge in [-0.25, -0.2) is 0 Å². The molecule has 0 saturated carbocycles. The summed E-state index contributed by atoms with van der Waals surface area (Å²) in [5.74, 6) is 0.999. The van der Waals surface area contributed by atoms with Crippen molar-refractivity contribution in [2.24, 2.45) is 5.92 Å². The van der Waals surface area contributed by atoms with Crippen molar-refractivity contribution in [1.29, 1.82) is 0 Å². The molecular weight excluding hydrogens is 124 g/mol. The van der Waals surface area contributed by atoms with Crippen LogP contribution in [0.15, 0.2) is 0 Å². The maximum atomic E-state index is 10.9. The Hall–Kier alpha value is -0.330. The summed E-state index contributed by atoms with van der Waals surface area (Å²) in [6.45, 7) is 6.24. The van der Waals surface area contributed by atoms with E-state index in [1.807, 2.05) is 6.92 Å². The van der Waals surface area contributed by atoms with E-state index in [9.17, 15) is 4.79 Å². The molecule has 0 fully saturated rings. The summed E-state index contributed by atoms with van der Waals surface area (Å²) >= 11 is 0. The van der Waals surface area contributed by atoms with Gasteiger partial charge in [0.05, 0.1) is 0 Å². The lowest BCUT2D eigenvalue weighted by Gasteiger charge is -2.06. The Morgan fingerprint density at radius 2 is 2.00 bits per heavy atom. The van der Waals surface area contributed by atoms with Crippen molar-refractivity contribution in [3.63, 3.8) is 0 Å². The molecular formula is C9H18O. The Kier molecular flexibility index (Phi) is 5.27. The van der Waals surface area contributed by atoms with Gasteiger partial charge in [-0.2, -0.15) is 0 Å². The second-order valence-electron chi connectivity index (χ2n) is 2.99. The van der Waals surface area contributed by atoms with E-state index in [0.29, 0.717) is 18.1 Å². The van der Waals surface area contributed by atoms with E-state index in [1.165, 1.54) is 12.8 Å². The summed E-state index contributed by atoms with van der Waals surface area (Å²) in [5.41, 5.74) is 0. The maximum absolute atomic E-state index is 10.9. The highest BCUT2D eigenvalue weighted by molar-refractivity contribution is 5.78. The molecule has 0 rings (SSSR count). The molecule has 0 bridgehead atoms. The third-order valence-electron chi connectivity index (χ3n) is 1.75. The summed E-state index contributed by atoms with van der Waals surface area (Å²) in [6, 6.07) is 0. The molecule has 10 heavy (non-hydrogen) atoms. The number of carbonyl (C=O) groups excluding carboxylic acids is 1. The third-order valence-corrected chi connectivity index (χ3v) is 1.75. The molecule has 0 radical (unpaired) electrons. The number of Topliss-reactive ketones (excluding diaryl/α,β-unsaturated/α-hetero) is 1. The number of carbonyl (C=O) groups is 1. The van der Waals surface area contributed by atoms with Crippen LogP contribution in [0, 0.1) is 5.92 Å². The van der Waals surface area contributed by atoms with Gasteiger partial charge < -0.3 is 0 Å². The molecule has 0 aromatic heterocycles. The molecule has 0 amide bonds. The van der Waals surface area contributed by atoms with E-state index >= 15 is 0 Å². The standard InChI is InChI=1S/C9H18O/c1-4-6-8(3)7-9(10)5-2/h8H,4-7H2,1-3H3/t8-/m0/s1. The Balaban J connectivity index is 3.37. The van der Waals surface area contributed by atoms with Crippen LogP contribution >= 0.6 is 0 Å². The van der Waals surface area contributed by atoms with Gasteiger partial charge in [-0.3, -0.25) is 4.79 Å². The maximum Gasteiger partial charge on any atom is 0.132 e. The summed E-state index contributed by atoms with van der Waals surface area (Å²) in [4.78, 5) is 10.9. The van der Waals surface area contributed by atoms with Crippen LogP contribution in [0.1, 0.15) is 46.5 Å². The number of rotatable bonds is 5. The molecule has 0 aliphatic carbocycles. The Morgan fingerprint density at radius 3 is 2.40 bits per heavy atom. The lowest BCUT2D eigenvalue weighted by atomic mass is 9.99. The topological polar surface area (TPSA) is 17.1 Å². The predicted octanol–water partition coefficient (Wildman–Crippen LogP) is 2.79. The van der Waals surface area contributed by atoms with E-state index in [0.717, 1.165) is 6.42 Å². The number of hydrogen-bond donors (Lipinski definition) is 0. The van der Waals surface area contributed by atoms with E-state index < -0.39 is 0 Å². The van der Waals surface area contributed by atoms with E-state index in [-0.39, 0.29) is 0 Å². The zero-order chi connectivity index (χ0) is 7.98. The van der Waals surface area contributed by atoms with Gasteiger partial charge in [0.2, 0.25) is 0 Å². The average molecular weight is 142 g/mol. The highest BCUT2D eigenvalue weighted by Gasteiger charge is 2.05. The molecule has 0 heterocycles. The molecule has 0 unspecified atom stereocenters. The second kappa shape index (κ2) is 5.45. The molecule has 0 N–H and O–H groups in total. The molecule has 1 heteroatoms. The van der Waals surface area contributed by atoms with Crippen molar-refractivity contribution in [1.82, 2.24) is 0 Å². The first-order valence-corrected chi connectivity index (χ1v) is 4.22. The summed E-state index contributed by atoms with van der Waals surface area (Å²) in [6.07, 6.45) is 3.86. The lowest BCUT2D eigenvalue weighted by Crippen LogP contribution is -2.03. The number of ketones is 1. The van der Waals surface area contributed by atoms with Gasteiger partial charge in [-0.15, -0.1) is 0 Å². The first kappa shape index (κ1) is 9.67. The molecule has 0 aromatic rings. The van der Waals surface area contributed by atoms with Crippen molar-refractivity contribution in [2.75, 3.05) is 0 Å². The summed E-state index contributed by atoms with van der Waals surface area (Å²) < 4.78 is 0. The Bertz CT molecular complexity index is 96.9. The van der Waals surface area contributed by atoms with E-state index in [4.69, 9.17) is 0 Å². The molecule has 0 spiro atoms. The van der Waals surface area contributed by atoms with Crippen LogP contribution in [-0.2, 0) is 4.79 Å². The Labute approximate surface area is 63.8 Å². The van der Waals surface area contributed by atoms with Gasteiger partial charge in [-0.1, -0.05) is 33.6 Å². The minimum absolute atomic E-state index is 0.404. The van der Waals surface area contributed by atoms with Crippen LogP contribution in [-0.4, -0.2) is 5.78 Å². The van der Waals surface area contributed by atoms with Gasteiger partial charge in [0.15, 0.2) is 0 Å². The van der Waals surface area contributed by atoms with Gasteiger partial charge >= 0.3 is 0 Å². The van der Waals surface area contributed by atoms with Crippen molar-refractivity contribution in [2.45, 2.75) is 46.5 Å². The third kappa shape index (κ3) is 4.54. The minimum Gasteiger partial charge on any atom is -0.300 e. The highest BCUT2D eigenvalue weighted by atomic mass is 16.1. The molecule has 0 saturated heterocycles. The fraction of sp³-hybridized carbons (Fsp3) is 0.889. The van der Waals surface area contributed by atoms with Crippen molar-refractivity contribution >= 4 is 5.78 Å². The minimum atomic E-state index is 0.404. The van der Waals surface area contributed by atoms with Gasteiger partial charge in [0.1, 0.15) is 5.78 Å². The van der Waals surface area contributed by atoms with Crippen LogP contribution in [0.4, 0.5) is 0 Å². The van der Waals surface area contributed by atoms with Crippen molar-refractivity contribution < 1.29 is 4.79 Å². The lowest BCUT2D eigenvalue weighted by molar-refractivity contribution is -0.119. The first-order valence-electron chi connectivity index (χ1n) is 4.22. The van der Waals surface area contributed by atoms with Crippen LogP contribution in [0.3, 0.4) is 0 Å². The fourth-order valence-electron chi connectivity index (χ4n) is 1.13. The van der Waals surface area contributed by atoms with Crippen LogP contribution in [0.25, 0.3) is 0 Å². The highest BCUT2D eigenvalue weighted by Crippen LogP contribution is 2.10. The van der Waals surface area contributed by atoms with Gasteiger partial charge in [0, 0.05) is 12.8 Å². The average Bonchev–Trinajstić information content (AvgIpc) is 1.88. The normalized spacial score (nSPS) is 13.1. The summed E-state index contributed by atoms with van der Waals surface area (Å²) in [7, 11) is 0. The van der Waals surface area contributed by atoms with Crippen molar-refractivity contribution in [3.8, 4) is 0 Å². The molecule has 0 aromatic carbocycles. The second-order valence-corrected chi connectivity index (χ2v) is 2.99. The van der Waals surface area contributed by atoms with Crippen LogP contribution < -0.4 is 0 Å². The number of hydrogen-bond acceptors (Lipinski definition) is 1. The molecule has 1 atom stereocenters. The molecule has 0 aliphatic rings. The quantitative estimate of drug-likeness (QED) is 0.577. The Morgan fingerprint density at radius 1 is 1.40 bits per heavy atom. The summed E-state index contributed by atoms with van der Waals surface area (Å²) in [5, 5.41) is 0. The van der Waals surface area contributed by atoms with E-state index in [1.54, 1.807) is 0 Å². The van der Waals surface area contributed by atoms with E-state index in [2.05, 4.69) is 13.8 Å². The largest absolute Gasteiger partial charge is 0.300 e. The smallest absolute Gasteiger partial charge is 0.132 e. The fourth-order valence-corrected chi connectivity index (χ4v) is 1.13. The van der Waals surface area contributed by atoms with Crippen LogP contribution in [0.2, 0.25) is 0 Å². The first-order chi connectivity index (χ1) is 4.70. The molecule has 1 nitrogen and oxygen atoms in total. The van der Waals surface area contributed by atoms with Gasteiger partial charge in [0.25, 0.3) is 0 Å². The zero-order valence-electron chi connectivity index (χ0n) is 7.31. The van der Waals surface area contributed by atoms with Crippen molar-refractivity contribution in [3.05, 3.63) is 0 Å². The monoisotopic (exact) mass is 142 g/mol. The van der Waals surface area contributed by atoms with Crippen LogP contribution in [0.5, 0.6) is 0 Å². The SMILES string of the molecule is CCC[C@H](C)CC(=O)CC. The molecule has 0 aliphatic heterocycles. The molecule has 60 valence electrons.